The summed E-state index contributed by atoms with van der Waals surface area (Å²) >= 11 is 0. The van der Waals surface area contributed by atoms with Crippen LogP contribution in [0.15, 0.2) is 0 Å². The number of nitrogens with two attached hydrogens (primary N) is 1. The van der Waals surface area contributed by atoms with Crippen LogP contribution in [-0.2, 0) is 20.0 Å². The first-order valence-corrected chi connectivity index (χ1v) is 4.96. The monoisotopic (exact) mass is 234 g/mol. The van der Waals surface area contributed by atoms with Crippen molar-refractivity contribution < 1.29 is 13.2 Å². The zero-order valence-corrected chi connectivity index (χ0v) is 8.88. The molecule has 2 heterocycles. The number of hydrogen-bond acceptors (Lipinski definition) is 3. The van der Waals surface area contributed by atoms with Crippen LogP contribution in [0.4, 0.5) is 19.0 Å². The summed E-state index contributed by atoms with van der Waals surface area (Å²) in [6, 6.07) is 0. The van der Waals surface area contributed by atoms with Crippen LogP contribution in [-0.4, -0.2) is 33.9 Å². The molecule has 1 aliphatic rings. The van der Waals surface area contributed by atoms with Gasteiger partial charge in [-0.2, -0.15) is 18.3 Å². The minimum absolute atomic E-state index is 0.222. The summed E-state index contributed by atoms with van der Waals surface area (Å²) in [5, 5.41) is 4.11. The largest absolute Gasteiger partial charge is 0.401 e. The molecule has 90 valence electrons. The van der Waals surface area contributed by atoms with Crippen LogP contribution in [0.2, 0.25) is 0 Å². The Balaban J connectivity index is 2.12. The van der Waals surface area contributed by atoms with Crippen molar-refractivity contribution in [1.29, 1.82) is 0 Å². The molecule has 0 amide bonds. The van der Waals surface area contributed by atoms with E-state index in [0.29, 0.717) is 24.5 Å². The van der Waals surface area contributed by atoms with Crippen molar-refractivity contribution >= 4 is 5.82 Å². The van der Waals surface area contributed by atoms with E-state index in [1.165, 1.54) is 9.58 Å². The lowest BCUT2D eigenvalue weighted by Crippen LogP contribution is -2.38. The summed E-state index contributed by atoms with van der Waals surface area (Å²) < 4.78 is 38.1. The lowest BCUT2D eigenvalue weighted by Gasteiger charge is -2.26. The van der Waals surface area contributed by atoms with E-state index in [-0.39, 0.29) is 6.54 Å². The molecule has 2 rings (SSSR count). The first kappa shape index (κ1) is 11.3. The minimum Gasteiger partial charge on any atom is -0.384 e. The Morgan fingerprint density at radius 3 is 2.75 bits per heavy atom. The molecule has 1 aliphatic heterocycles. The maximum Gasteiger partial charge on any atom is 0.401 e. The van der Waals surface area contributed by atoms with E-state index < -0.39 is 12.7 Å². The van der Waals surface area contributed by atoms with Gasteiger partial charge in [0.25, 0.3) is 0 Å². The Morgan fingerprint density at radius 2 is 2.12 bits per heavy atom. The SMILES string of the molecule is Cn1nc2c(c1N)CCN(CC(F)(F)F)C2. The number of aromatic nitrogens is 2. The molecule has 1 aromatic heterocycles. The molecule has 0 atom stereocenters. The normalized spacial score (nSPS) is 17.5. The maximum absolute atomic E-state index is 12.2. The average molecular weight is 234 g/mol. The third kappa shape index (κ3) is 2.13. The lowest BCUT2D eigenvalue weighted by molar-refractivity contribution is -0.147. The highest BCUT2D eigenvalue weighted by atomic mass is 19.4. The molecule has 4 nitrogen and oxygen atoms in total. The first-order valence-electron chi connectivity index (χ1n) is 4.96. The fourth-order valence-corrected chi connectivity index (χ4v) is 1.99. The molecular weight excluding hydrogens is 221 g/mol. The summed E-state index contributed by atoms with van der Waals surface area (Å²) in [5.74, 6) is 0.557. The van der Waals surface area contributed by atoms with Gasteiger partial charge in [-0.3, -0.25) is 9.58 Å². The number of rotatable bonds is 1. The molecule has 0 unspecified atom stereocenters. The molecule has 0 saturated heterocycles. The van der Waals surface area contributed by atoms with Crippen LogP contribution in [0.3, 0.4) is 0 Å². The number of fused-ring (bicyclic) bond motifs is 1. The number of hydrogen-bond donors (Lipinski definition) is 1. The zero-order chi connectivity index (χ0) is 11.9. The van der Waals surface area contributed by atoms with Gasteiger partial charge in [-0.1, -0.05) is 0 Å². The van der Waals surface area contributed by atoms with Crippen LogP contribution in [0.5, 0.6) is 0 Å². The highest BCUT2D eigenvalue weighted by Crippen LogP contribution is 2.25. The van der Waals surface area contributed by atoms with Gasteiger partial charge in [0.2, 0.25) is 0 Å². The maximum atomic E-state index is 12.2. The number of halogens is 3. The van der Waals surface area contributed by atoms with E-state index in [1.54, 1.807) is 7.05 Å². The second kappa shape index (κ2) is 3.65. The fourth-order valence-electron chi connectivity index (χ4n) is 1.99. The fraction of sp³-hybridized carbons (Fsp3) is 0.667. The first-order chi connectivity index (χ1) is 7.37. The number of aryl methyl sites for hydroxylation is 1. The van der Waals surface area contributed by atoms with E-state index in [2.05, 4.69) is 5.10 Å². The molecule has 0 spiro atoms. The van der Waals surface area contributed by atoms with Gasteiger partial charge in [-0.15, -0.1) is 0 Å². The van der Waals surface area contributed by atoms with E-state index in [9.17, 15) is 13.2 Å². The molecule has 1 aromatic rings. The highest BCUT2D eigenvalue weighted by Gasteiger charge is 2.33. The van der Waals surface area contributed by atoms with Gasteiger partial charge < -0.3 is 5.73 Å². The number of alkyl halides is 3. The molecule has 0 aromatic carbocycles. The number of anilines is 1. The summed E-state index contributed by atoms with van der Waals surface area (Å²) in [4.78, 5) is 1.34. The Kier molecular flexibility index (Phi) is 2.57. The molecule has 0 aliphatic carbocycles. The van der Waals surface area contributed by atoms with Crippen LogP contribution < -0.4 is 5.73 Å². The van der Waals surface area contributed by atoms with Gasteiger partial charge >= 0.3 is 6.18 Å². The molecule has 0 radical (unpaired) electrons. The van der Waals surface area contributed by atoms with Crippen molar-refractivity contribution in [2.24, 2.45) is 7.05 Å². The standard InChI is InChI=1S/C9H13F3N4/c1-15-8(13)6-2-3-16(4-7(6)14-15)5-9(10,11)12/h2-5,13H2,1H3. The Hall–Kier alpha value is -1.24. The number of nitrogens with zero attached hydrogens (tertiary/aromatic N) is 3. The summed E-state index contributed by atoms with van der Waals surface area (Å²) in [6.45, 7) is -0.287. The predicted octanol–water partition coefficient (Wildman–Crippen LogP) is 0.923. The third-order valence-corrected chi connectivity index (χ3v) is 2.73. The topological polar surface area (TPSA) is 47.1 Å². The second-order valence-electron chi connectivity index (χ2n) is 4.01. The van der Waals surface area contributed by atoms with Crippen molar-refractivity contribution in [3.8, 4) is 0 Å². The van der Waals surface area contributed by atoms with E-state index in [1.807, 2.05) is 0 Å². The van der Waals surface area contributed by atoms with Crippen molar-refractivity contribution in [3.63, 3.8) is 0 Å². The highest BCUT2D eigenvalue weighted by molar-refractivity contribution is 5.44. The van der Waals surface area contributed by atoms with Gasteiger partial charge in [0, 0.05) is 25.7 Å². The molecular formula is C9H13F3N4. The van der Waals surface area contributed by atoms with Crippen molar-refractivity contribution in [1.82, 2.24) is 14.7 Å². The van der Waals surface area contributed by atoms with E-state index in [0.717, 1.165) is 5.56 Å². The van der Waals surface area contributed by atoms with Crippen LogP contribution in [0, 0.1) is 0 Å². The predicted molar refractivity (Wildman–Crippen MR) is 52.7 cm³/mol. The van der Waals surface area contributed by atoms with Crippen LogP contribution >= 0.6 is 0 Å². The van der Waals surface area contributed by atoms with E-state index in [4.69, 9.17) is 5.73 Å². The molecule has 0 bridgehead atoms. The van der Waals surface area contributed by atoms with Crippen molar-refractivity contribution in [2.45, 2.75) is 19.1 Å². The summed E-state index contributed by atoms with van der Waals surface area (Å²) in [6.07, 6.45) is -3.62. The Morgan fingerprint density at radius 1 is 1.44 bits per heavy atom. The average Bonchev–Trinajstić information content (AvgIpc) is 2.40. The smallest absolute Gasteiger partial charge is 0.384 e. The lowest BCUT2D eigenvalue weighted by atomic mass is 10.1. The van der Waals surface area contributed by atoms with Gasteiger partial charge in [-0.25, -0.2) is 0 Å². The van der Waals surface area contributed by atoms with Gasteiger partial charge in [0.05, 0.1) is 12.2 Å². The third-order valence-electron chi connectivity index (χ3n) is 2.73. The van der Waals surface area contributed by atoms with Crippen LogP contribution in [0.1, 0.15) is 11.3 Å². The Bertz CT molecular complexity index is 396. The van der Waals surface area contributed by atoms with Crippen molar-refractivity contribution in [2.75, 3.05) is 18.8 Å². The quantitative estimate of drug-likeness (QED) is 0.786. The van der Waals surface area contributed by atoms with Crippen molar-refractivity contribution in [3.05, 3.63) is 11.3 Å². The minimum atomic E-state index is -4.15. The molecule has 0 saturated carbocycles. The number of nitrogen functional groups attached to an aromatic ring is 1. The zero-order valence-electron chi connectivity index (χ0n) is 8.88. The van der Waals surface area contributed by atoms with Gasteiger partial charge in [-0.05, 0) is 6.42 Å². The molecule has 7 heteroatoms. The molecule has 16 heavy (non-hydrogen) atoms. The molecule has 0 fully saturated rings. The van der Waals surface area contributed by atoms with Gasteiger partial charge in [0.1, 0.15) is 5.82 Å². The van der Waals surface area contributed by atoms with E-state index >= 15 is 0 Å². The van der Waals surface area contributed by atoms with Crippen LogP contribution in [0.25, 0.3) is 0 Å². The summed E-state index contributed by atoms with van der Waals surface area (Å²) in [5.41, 5.74) is 7.31. The molecule has 2 N–H and O–H groups in total. The van der Waals surface area contributed by atoms with Gasteiger partial charge in [0.15, 0.2) is 0 Å². The Labute approximate surface area is 90.8 Å². The second-order valence-corrected chi connectivity index (χ2v) is 4.01. The summed E-state index contributed by atoms with van der Waals surface area (Å²) in [7, 11) is 1.70.